The van der Waals surface area contributed by atoms with E-state index in [1.54, 1.807) is 0 Å². The minimum atomic E-state index is -2.35. The average Bonchev–Trinajstić information content (AvgIpc) is 1.71. The summed E-state index contributed by atoms with van der Waals surface area (Å²) in [5, 5.41) is 0.714. The normalized spacial score (nSPS) is 15.2. The molecule has 0 aliphatic rings. The van der Waals surface area contributed by atoms with Gasteiger partial charge in [-0.25, -0.2) is 0 Å². The summed E-state index contributed by atoms with van der Waals surface area (Å²) in [6.07, 6.45) is 0. The van der Waals surface area contributed by atoms with E-state index in [1.807, 2.05) is 0 Å². The van der Waals surface area contributed by atoms with E-state index < -0.39 is 20.9 Å². The molecule has 0 nitrogen and oxygen atoms in total. The third-order valence-corrected chi connectivity index (χ3v) is 41.6. The average molecular weight is 392 g/mol. The molecule has 4 heteroatoms. The van der Waals surface area contributed by atoms with Crippen molar-refractivity contribution in [3.63, 3.8) is 0 Å². The summed E-state index contributed by atoms with van der Waals surface area (Å²) in [4.78, 5) is 0. The molecule has 0 fully saturated rings. The second-order valence-corrected chi connectivity index (χ2v) is 32.8. The molecular weight excluding hydrogens is 365 g/mol. The first-order valence-corrected chi connectivity index (χ1v) is 18.6. The second kappa shape index (κ2) is 5.06. The van der Waals surface area contributed by atoms with Gasteiger partial charge in [0, 0.05) is 0 Å². The van der Waals surface area contributed by atoms with Gasteiger partial charge in [0.15, 0.2) is 0 Å². The molecule has 0 N–H and O–H groups in total. The molecule has 16 heavy (non-hydrogen) atoms. The molecule has 0 unspecified atom stereocenters. The van der Waals surface area contributed by atoms with E-state index in [1.165, 1.54) is 0 Å². The Kier molecular flexibility index (Phi) is 5.63. The molecular formula is C12H27Cl2PSn. The van der Waals surface area contributed by atoms with E-state index in [-0.39, 0.29) is 15.5 Å². The Balaban J connectivity index is 6.46. The van der Waals surface area contributed by atoms with Crippen molar-refractivity contribution in [2.75, 3.05) is 0 Å². The van der Waals surface area contributed by atoms with E-state index in [0.717, 1.165) is 0 Å². The van der Waals surface area contributed by atoms with Crippen LogP contribution in [0.4, 0.5) is 0 Å². The SMILES string of the molecule is CC(C)(C)[P](=[Sn]([Cl])[Cl])(C(C)(C)C)C(C)(C)C. The zero-order valence-electron chi connectivity index (χ0n) is 12.2. The maximum absolute atomic E-state index is 6.67. The Morgan fingerprint density at radius 3 is 0.812 bits per heavy atom. The Morgan fingerprint density at radius 2 is 0.812 bits per heavy atom. The van der Waals surface area contributed by atoms with Crippen molar-refractivity contribution >= 4 is 38.7 Å². The van der Waals surface area contributed by atoms with Gasteiger partial charge in [-0.3, -0.25) is 0 Å². The molecule has 0 spiro atoms. The minimum absolute atomic E-state index is 0.238. The third-order valence-electron chi connectivity index (χ3n) is 3.27. The van der Waals surface area contributed by atoms with Gasteiger partial charge in [-0.1, -0.05) is 0 Å². The predicted octanol–water partition coefficient (Wildman–Crippen LogP) is 5.86. The van der Waals surface area contributed by atoms with E-state index in [9.17, 15) is 0 Å². The van der Waals surface area contributed by atoms with Crippen molar-refractivity contribution in [1.29, 1.82) is 0 Å². The van der Waals surface area contributed by atoms with E-state index in [0.29, 0.717) is 0 Å². The van der Waals surface area contributed by atoms with Crippen LogP contribution in [0.15, 0.2) is 0 Å². The van der Waals surface area contributed by atoms with Crippen LogP contribution in [0.5, 0.6) is 0 Å². The van der Waals surface area contributed by atoms with E-state index in [4.69, 9.17) is 17.8 Å². The van der Waals surface area contributed by atoms with Crippen molar-refractivity contribution in [2.24, 2.45) is 0 Å². The summed E-state index contributed by atoms with van der Waals surface area (Å²) in [7, 11) is 13.3. The Hall–Kier alpha value is 1.81. The molecule has 0 rings (SSSR count). The van der Waals surface area contributed by atoms with Crippen LogP contribution in [0, 0.1) is 0 Å². The molecule has 0 amide bonds. The Bertz CT molecular complexity index is 267. The summed E-state index contributed by atoms with van der Waals surface area (Å²) in [5.74, 6) is 0. The number of hydrogen-bond donors (Lipinski definition) is 0. The van der Waals surface area contributed by atoms with E-state index >= 15 is 0 Å². The van der Waals surface area contributed by atoms with Crippen molar-refractivity contribution in [3.8, 4) is 0 Å². The standard InChI is InChI=1S/C12H27P.2ClH.Sn/c1-10(2,3)13(11(4,5)6)12(7,8)9;;;/h1-9H3;2*1H;/q;;;+2/p-2. The second-order valence-electron chi connectivity index (χ2n) is 7.42. The van der Waals surface area contributed by atoms with Gasteiger partial charge in [0.25, 0.3) is 0 Å². The molecule has 0 aromatic heterocycles. The fourth-order valence-corrected chi connectivity index (χ4v) is 55.0. The molecule has 98 valence electrons. The van der Waals surface area contributed by atoms with Crippen molar-refractivity contribution in [1.82, 2.24) is 0 Å². The van der Waals surface area contributed by atoms with Crippen LogP contribution in [0.2, 0.25) is 0 Å². The summed E-state index contributed by atoms with van der Waals surface area (Å²) in [5.41, 5.74) is 0. The van der Waals surface area contributed by atoms with Gasteiger partial charge >= 0.3 is 117 Å². The summed E-state index contributed by atoms with van der Waals surface area (Å²) in [6, 6.07) is 0. The van der Waals surface area contributed by atoms with Crippen LogP contribution in [-0.4, -0.2) is 31.9 Å². The Morgan fingerprint density at radius 1 is 0.625 bits per heavy atom. The van der Waals surface area contributed by atoms with Gasteiger partial charge < -0.3 is 0 Å². The monoisotopic (exact) mass is 392 g/mol. The van der Waals surface area contributed by atoms with Gasteiger partial charge in [0.05, 0.1) is 0 Å². The first-order valence-electron chi connectivity index (χ1n) is 5.77. The molecule has 0 saturated carbocycles. The van der Waals surface area contributed by atoms with Crippen LogP contribution >= 0.6 is 22.3 Å². The molecule has 0 bridgehead atoms. The molecule has 0 aliphatic carbocycles. The molecule has 0 radical (unpaired) electrons. The molecule has 0 heterocycles. The maximum atomic E-state index is 6.67. The molecule has 0 saturated heterocycles. The summed E-state index contributed by atoms with van der Waals surface area (Å²) in [6.45, 7) is 21.0. The third kappa shape index (κ3) is 2.86. The predicted molar refractivity (Wildman–Crippen MR) is 83.6 cm³/mol. The topological polar surface area (TPSA) is 0 Å². The van der Waals surface area contributed by atoms with Crippen LogP contribution < -0.4 is 0 Å². The zero-order chi connectivity index (χ0) is 13.6. The van der Waals surface area contributed by atoms with E-state index in [2.05, 4.69) is 62.3 Å². The van der Waals surface area contributed by atoms with Crippen LogP contribution in [0.3, 0.4) is 0 Å². The van der Waals surface area contributed by atoms with Gasteiger partial charge in [-0.05, 0) is 0 Å². The van der Waals surface area contributed by atoms with Gasteiger partial charge in [0.1, 0.15) is 0 Å². The van der Waals surface area contributed by atoms with Crippen molar-refractivity contribution < 1.29 is 0 Å². The molecule has 0 atom stereocenters. The molecule has 0 aromatic carbocycles. The van der Waals surface area contributed by atoms with Crippen LogP contribution in [0.1, 0.15) is 62.3 Å². The summed E-state index contributed by atoms with van der Waals surface area (Å²) < 4.78 is -1.39. The quantitative estimate of drug-likeness (QED) is 0.358. The fourth-order valence-electron chi connectivity index (χ4n) is 3.78. The number of rotatable bonds is 0. The zero-order valence-corrected chi connectivity index (χ0v) is 17.5. The fraction of sp³-hybridized carbons (Fsp3) is 1.00. The van der Waals surface area contributed by atoms with Crippen LogP contribution in [0.25, 0.3) is 0 Å². The van der Waals surface area contributed by atoms with Gasteiger partial charge in [-0.15, -0.1) is 0 Å². The first kappa shape index (κ1) is 17.8. The number of hydrogen-bond acceptors (Lipinski definition) is 0. The van der Waals surface area contributed by atoms with Crippen molar-refractivity contribution in [2.45, 2.75) is 77.8 Å². The van der Waals surface area contributed by atoms with Gasteiger partial charge in [-0.2, -0.15) is 0 Å². The van der Waals surface area contributed by atoms with Crippen LogP contribution in [-0.2, 0) is 0 Å². The summed E-state index contributed by atoms with van der Waals surface area (Å²) >= 11 is -2.35. The number of halogens is 2. The molecule has 0 aliphatic heterocycles. The van der Waals surface area contributed by atoms with Gasteiger partial charge in [0.2, 0.25) is 0 Å². The Labute approximate surface area is 116 Å². The molecule has 0 aromatic rings. The van der Waals surface area contributed by atoms with Crippen molar-refractivity contribution in [3.05, 3.63) is 0 Å². The first-order chi connectivity index (χ1) is 6.69.